The topological polar surface area (TPSA) is 46.5 Å². The quantitative estimate of drug-likeness (QED) is 0.698. The number of aromatic amines is 1. The van der Waals surface area contributed by atoms with Gasteiger partial charge in [-0.3, -0.25) is 10.1 Å². The Balaban J connectivity index is 2.14. The van der Waals surface area contributed by atoms with Gasteiger partial charge in [-0.25, -0.2) is 0 Å². The van der Waals surface area contributed by atoms with Crippen LogP contribution in [0.25, 0.3) is 22.3 Å². The minimum Gasteiger partial charge on any atom is -0.303 e. The molecule has 0 unspecified atom stereocenters. The second-order valence-corrected chi connectivity index (χ2v) is 5.93. The molecule has 1 N–H and O–H groups in total. The van der Waals surface area contributed by atoms with Crippen LogP contribution in [-0.4, -0.2) is 19.7 Å². The molecule has 3 aromatic rings. The number of pyridine rings is 1. The summed E-state index contributed by atoms with van der Waals surface area (Å²) in [6.07, 6.45) is 4.57. The Hall–Kier alpha value is -2.01. The van der Waals surface area contributed by atoms with Crippen molar-refractivity contribution < 1.29 is 0 Å². The largest absolute Gasteiger partial charge is 0.303 e. The van der Waals surface area contributed by atoms with E-state index in [-0.39, 0.29) is 0 Å². The van der Waals surface area contributed by atoms with Crippen molar-refractivity contribution in [3.8, 4) is 11.4 Å². The Morgan fingerprint density at radius 3 is 2.81 bits per heavy atom. The van der Waals surface area contributed by atoms with Crippen LogP contribution in [0.3, 0.4) is 0 Å². The van der Waals surface area contributed by atoms with E-state index in [1.807, 2.05) is 17.7 Å². The fourth-order valence-electron chi connectivity index (χ4n) is 3.20. The Morgan fingerprint density at radius 2 is 2.00 bits per heavy atom. The van der Waals surface area contributed by atoms with Crippen LogP contribution in [0.2, 0.25) is 0 Å². The number of fused-ring (bicyclic) bond motifs is 2. The van der Waals surface area contributed by atoms with Crippen molar-refractivity contribution in [1.82, 2.24) is 19.7 Å². The molecule has 0 saturated heterocycles. The lowest BCUT2D eigenvalue weighted by molar-refractivity contribution is 0.671. The molecular weight excluding hydrogens is 280 g/mol. The molecule has 0 aliphatic heterocycles. The molecule has 0 bridgehead atoms. The van der Waals surface area contributed by atoms with E-state index in [1.54, 1.807) is 0 Å². The normalized spacial score (nSPS) is 14.3. The molecule has 0 amide bonds. The number of nitrogens with zero attached hydrogens (tertiary/aromatic N) is 3. The van der Waals surface area contributed by atoms with Crippen LogP contribution in [0.15, 0.2) is 24.3 Å². The molecule has 106 valence electrons. The highest BCUT2D eigenvalue weighted by Gasteiger charge is 2.21. The van der Waals surface area contributed by atoms with Gasteiger partial charge in [0.2, 0.25) is 0 Å². The van der Waals surface area contributed by atoms with Gasteiger partial charge in [-0.05, 0) is 49.5 Å². The summed E-state index contributed by atoms with van der Waals surface area (Å²) in [6.45, 7) is 0. The number of rotatable bonds is 1. The molecule has 21 heavy (non-hydrogen) atoms. The van der Waals surface area contributed by atoms with Gasteiger partial charge in [0.1, 0.15) is 0 Å². The Bertz CT molecular complexity index is 891. The number of para-hydroxylation sites is 1. The average Bonchev–Trinajstić information content (AvgIpc) is 2.84. The van der Waals surface area contributed by atoms with Crippen LogP contribution in [-0.2, 0) is 19.9 Å². The van der Waals surface area contributed by atoms with E-state index in [1.165, 1.54) is 29.7 Å². The van der Waals surface area contributed by atoms with Crippen molar-refractivity contribution in [2.24, 2.45) is 7.05 Å². The number of benzene rings is 1. The summed E-state index contributed by atoms with van der Waals surface area (Å²) < 4.78 is 2.60. The van der Waals surface area contributed by atoms with E-state index in [9.17, 15) is 0 Å². The number of aryl methyl sites for hydroxylation is 1. The molecule has 0 atom stereocenters. The maximum Gasteiger partial charge on any atom is 0.195 e. The van der Waals surface area contributed by atoms with Gasteiger partial charge < -0.3 is 4.57 Å². The summed E-state index contributed by atoms with van der Waals surface area (Å²) in [6, 6.07) is 8.31. The standard InChI is InChI=1S/C16H16N4S/c1-20-15(18-19-16(20)21)14-10-6-2-4-8-12(10)17-13-9-5-3-7-11(13)14/h2,4,6,8H,3,5,7,9H2,1H3,(H,19,21). The number of hydrogen-bond acceptors (Lipinski definition) is 3. The molecule has 1 aliphatic carbocycles. The zero-order chi connectivity index (χ0) is 14.4. The summed E-state index contributed by atoms with van der Waals surface area (Å²) in [5.41, 5.74) is 4.81. The molecule has 1 aromatic carbocycles. The summed E-state index contributed by atoms with van der Waals surface area (Å²) in [5, 5.41) is 8.53. The number of nitrogens with one attached hydrogen (secondary N) is 1. The van der Waals surface area contributed by atoms with Gasteiger partial charge in [0.15, 0.2) is 10.6 Å². The molecule has 4 rings (SSSR count). The molecule has 0 fully saturated rings. The van der Waals surface area contributed by atoms with Crippen LogP contribution in [0.5, 0.6) is 0 Å². The lowest BCUT2D eigenvalue weighted by Crippen LogP contribution is -2.09. The smallest absolute Gasteiger partial charge is 0.195 e. The van der Waals surface area contributed by atoms with Gasteiger partial charge in [-0.1, -0.05) is 18.2 Å². The zero-order valence-electron chi connectivity index (χ0n) is 11.9. The average molecular weight is 296 g/mol. The van der Waals surface area contributed by atoms with Crippen LogP contribution in [0.4, 0.5) is 0 Å². The van der Waals surface area contributed by atoms with Crippen LogP contribution < -0.4 is 0 Å². The predicted octanol–water partition coefficient (Wildman–Crippen LogP) is 3.57. The SMILES string of the molecule is Cn1c(-c2c3c(nc4ccccc24)CCCC3)n[nH]c1=S. The third kappa shape index (κ3) is 1.92. The van der Waals surface area contributed by atoms with Gasteiger partial charge in [0.25, 0.3) is 0 Å². The summed E-state index contributed by atoms with van der Waals surface area (Å²) in [7, 11) is 1.96. The molecule has 0 radical (unpaired) electrons. The van der Waals surface area contributed by atoms with Gasteiger partial charge in [-0.15, -0.1) is 0 Å². The predicted molar refractivity (Wildman–Crippen MR) is 85.8 cm³/mol. The summed E-state index contributed by atoms with van der Waals surface area (Å²) in [5.74, 6) is 0.914. The number of aromatic nitrogens is 4. The maximum absolute atomic E-state index is 5.28. The molecule has 2 heterocycles. The fraction of sp³-hybridized carbons (Fsp3) is 0.312. The second kappa shape index (κ2) is 4.77. The van der Waals surface area contributed by atoms with Crippen molar-refractivity contribution in [3.63, 3.8) is 0 Å². The third-order valence-electron chi connectivity index (χ3n) is 4.27. The number of hydrogen-bond donors (Lipinski definition) is 1. The lowest BCUT2D eigenvalue weighted by Gasteiger charge is -2.20. The van der Waals surface area contributed by atoms with E-state index in [0.717, 1.165) is 29.6 Å². The van der Waals surface area contributed by atoms with Crippen molar-refractivity contribution in [3.05, 3.63) is 40.3 Å². The molecule has 1 aliphatic rings. The Morgan fingerprint density at radius 1 is 1.19 bits per heavy atom. The van der Waals surface area contributed by atoms with Crippen molar-refractivity contribution >= 4 is 23.1 Å². The van der Waals surface area contributed by atoms with Crippen LogP contribution in [0.1, 0.15) is 24.1 Å². The minimum atomic E-state index is 0.649. The van der Waals surface area contributed by atoms with E-state index < -0.39 is 0 Å². The van der Waals surface area contributed by atoms with Gasteiger partial charge in [0.05, 0.1) is 5.52 Å². The maximum atomic E-state index is 5.28. The van der Waals surface area contributed by atoms with E-state index in [0.29, 0.717) is 4.77 Å². The van der Waals surface area contributed by atoms with Gasteiger partial charge in [0, 0.05) is 23.7 Å². The van der Waals surface area contributed by atoms with Gasteiger partial charge >= 0.3 is 0 Å². The van der Waals surface area contributed by atoms with Gasteiger partial charge in [-0.2, -0.15) is 5.10 Å². The highest BCUT2D eigenvalue weighted by Crippen LogP contribution is 2.35. The first-order valence-electron chi connectivity index (χ1n) is 7.28. The lowest BCUT2D eigenvalue weighted by atomic mass is 9.89. The van der Waals surface area contributed by atoms with E-state index in [2.05, 4.69) is 28.4 Å². The highest BCUT2D eigenvalue weighted by atomic mass is 32.1. The molecule has 2 aromatic heterocycles. The summed E-state index contributed by atoms with van der Waals surface area (Å²) in [4.78, 5) is 4.87. The van der Waals surface area contributed by atoms with Crippen molar-refractivity contribution in [2.75, 3.05) is 0 Å². The molecular formula is C16H16N4S. The molecule has 5 heteroatoms. The van der Waals surface area contributed by atoms with E-state index in [4.69, 9.17) is 17.2 Å². The highest BCUT2D eigenvalue weighted by molar-refractivity contribution is 7.71. The zero-order valence-corrected chi connectivity index (χ0v) is 12.7. The van der Waals surface area contributed by atoms with Crippen LogP contribution in [0, 0.1) is 4.77 Å². The fourth-order valence-corrected chi connectivity index (χ4v) is 3.33. The molecule has 0 saturated carbocycles. The first kappa shape index (κ1) is 12.7. The monoisotopic (exact) mass is 296 g/mol. The first-order chi connectivity index (χ1) is 10.3. The van der Waals surface area contributed by atoms with Crippen molar-refractivity contribution in [2.45, 2.75) is 25.7 Å². The number of H-pyrrole nitrogens is 1. The van der Waals surface area contributed by atoms with E-state index >= 15 is 0 Å². The summed E-state index contributed by atoms with van der Waals surface area (Å²) >= 11 is 5.28. The first-order valence-corrected chi connectivity index (χ1v) is 7.69. The third-order valence-corrected chi connectivity index (χ3v) is 4.64. The van der Waals surface area contributed by atoms with Crippen LogP contribution >= 0.6 is 12.2 Å². The minimum absolute atomic E-state index is 0.649. The Kier molecular flexibility index (Phi) is 2.89. The Labute approximate surface area is 127 Å². The second-order valence-electron chi connectivity index (χ2n) is 5.55. The van der Waals surface area contributed by atoms with Crippen molar-refractivity contribution in [1.29, 1.82) is 0 Å². The molecule has 0 spiro atoms. The molecule has 4 nitrogen and oxygen atoms in total.